The van der Waals surface area contributed by atoms with Crippen LogP contribution in [-0.2, 0) is 12.4 Å². The fourth-order valence-corrected chi connectivity index (χ4v) is 4.51. The van der Waals surface area contributed by atoms with Crippen LogP contribution in [0.25, 0.3) is 22.3 Å². The smallest absolute Gasteiger partial charge is 0.417 e. The molecule has 212 valence electrons. The van der Waals surface area contributed by atoms with Gasteiger partial charge in [0.25, 0.3) is 0 Å². The van der Waals surface area contributed by atoms with Crippen LogP contribution < -0.4 is 4.74 Å². The minimum absolute atomic E-state index is 0.304. The number of hydrogen-bond donors (Lipinski definition) is 0. The van der Waals surface area contributed by atoms with Crippen LogP contribution in [0, 0.1) is 20.2 Å². The second kappa shape index (κ2) is 10.9. The summed E-state index contributed by atoms with van der Waals surface area (Å²) in [6, 6.07) is 11.8. The highest BCUT2D eigenvalue weighted by Gasteiger charge is 2.36. The molecule has 0 saturated carbocycles. The molecule has 0 spiro atoms. The number of rotatable bonds is 6. The van der Waals surface area contributed by atoms with E-state index >= 15 is 0 Å². The van der Waals surface area contributed by atoms with Gasteiger partial charge in [-0.25, -0.2) is 0 Å². The van der Waals surface area contributed by atoms with E-state index in [9.17, 15) is 46.6 Å². The van der Waals surface area contributed by atoms with Crippen molar-refractivity contribution in [2.45, 2.75) is 12.4 Å². The number of nitro groups is 2. The molecule has 0 aromatic heterocycles. The zero-order valence-electron chi connectivity index (χ0n) is 19.9. The molecule has 0 heterocycles. The third kappa shape index (κ3) is 6.05. The third-order valence-corrected chi connectivity index (χ3v) is 6.29. The van der Waals surface area contributed by atoms with Crippen molar-refractivity contribution in [3.63, 3.8) is 0 Å². The molecular weight excluding hydrogens is 605 g/mol. The first-order chi connectivity index (χ1) is 19.1. The van der Waals surface area contributed by atoms with Crippen LogP contribution in [0.3, 0.4) is 0 Å². The van der Waals surface area contributed by atoms with Crippen molar-refractivity contribution in [1.29, 1.82) is 0 Å². The van der Waals surface area contributed by atoms with E-state index in [2.05, 4.69) is 0 Å². The minimum atomic E-state index is -4.81. The van der Waals surface area contributed by atoms with Crippen LogP contribution in [-0.4, -0.2) is 9.85 Å². The third-order valence-electron chi connectivity index (χ3n) is 5.73. The minimum Gasteiger partial charge on any atom is -0.440 e. The molecule has 0 aliphatic carbocycles. The summed E-state index contributed by atoms with van der Waals surface area (Å²) in [6.45, 7) is 0. The molecule has 0 bridgehead atoms. The number of benzene rings is 4. The van der Waals surface area contributed by atoms with Gasteiger partial charge in [-0.2, -0.15) is 26.3 Å². The van der Waals surface area contributed by atoms with Crippen molar-refractivity contribution in [1.82, 2.24) is 0 Å². The maximum Gasteiger partial charge on any atom is 0.417 e. The molecule has 4 rings (SSSR count). The van der Waals surface area contributed by atoms with Gasteiger partial charge in [-0.05, 0) is 46.5 Å². The summed E-state index contributed by atoms with van der Waals surface area (Å²) in [6.07, 6.45) is -9.62. The summed E-state index contributed by atoms with van der Waals surface area (Å²) >= 11 is 12.4. The van der Waals surface area contributed by atoms with Gasteiger partial charge in [0, 0.05) is 12.1 Å². The Hall–Kier alpha value is -4.36. The molecule has 0 aliphatic rings. The predicted octanol–water partition coefficient (Wildman–Crippen LogP) is 9.97. The lowest BCUT2D eigenvalue weighted by Gasteiger charge is -2.16. The highest BCUT2D eigenvalue weighted by Crippen LogP contribution is 2.49. The van der Waals surface area contributed by atoms with Crippen molar-refractivity contribution in [3.05, 3.63) is 114 Å². The van der Waals surface area contributed by atoms with E-state index < -0.39 is 77.4 Å². The molecule has 4 aromatic carbocycles. The summed E-state index contributed by atoms with van der Waals surface area (Å²) in [7, 11) is 0. The highest BCUT2D eigenvalue weighted by atomic mass is 35.5. The summed E-state index contributed by atoms with van der Waals surface area (Å²) < 4.78 is 86.6. The topological polar surface area (TPSA) is 95.5 Å². The van der Waals surface area contributed by atoms with Crippen LogP contribution in [0.15, 0.2) is 72.8 Å². The first-order valence-corrected chi connectivity index (χ1v) is 11.8. The van der Waals surface area contributed by atoms with Crippen LogP contribution in [0.4, 0.5) is 37.7 Å². The maximum atomic E-state index is 13.5. The number of nitro benzene ring substituents is 2. The lowest BCUT2D eigenvalue weighted by Crippen LogP contribution is -2.07. The van der Waals surface area contributed by atoms with Gasteiger partial charge in [-0.15, -0.1) is 0 Å². The SMILES string of the molecule is O=[N+]([O-])c1cc(-c2ccccc2C(F)(F)F)cc(Cl)c1Oc1c(Cl)cc(-c2ccccc2C(F)(F)F)cc1[N+](=O)[O-]. The van der Waals surface area contributed by atoms with Crippen molar-refractivity contribution < 1.29 is 40.9 Å². The number of halogens is 8. The van der Waals surface area contributed by atoms with E-state index in [0.29, 0.717) is 0 Å². The lowest BCUT2D eigenvalue weighted by atomic mass is 9.98. The van der Waals surface area contributed by atoms with E-state index in [0.717, 1.165) is 60.7 Å². The number of alkyl halides is 6. The monoisotopic (exact) mass is 616 g/mol. The number of nitrogens with zero attached hydrogens (tertiary/aromatic N) is 2. The average Bonchev–Trinajstić information content (AvgIpc) is 2.89. The summed E-state index contributed by atoms with van der Waals surface area (Å²) in [5.41, 5.74) is -5.60. The quantitative estimate of drug-likeness (QED) is 0.122. The average molecular weight is 617 g/mol. The van der Waals surface area contributed by atoms with Gasteiger partial charge in [0.15, 0.2) is 0 Å². The summed E-state index contributed by atoms with van der Waals surface area (Å²) in [5, 5.41) is 22.6. The number of hydrogen-bond acceptors (Lipinski definition) is 5. The molecule has 0 amide bonds. The van der Waals surface area contributed by atoms with Crippen molar-refractivity contribution in [2.75, 3.05) is 0 Å². The summed E-state index contributed by atoms with van der Waals surface area (Å²) in [5.74, 6) is -1.59. The first kappa shape index (κ1) is 29.6. The fraction of sp³-hybridized carbons (Fsp3) is 0.0769. The Bertz CT molecular complexity index is 1570. The van der Waals surface area contributed by atoms with Crippen molar-refractivity contribution >= 4 is 34.6 Å². The Morgan fingerprint density at radius 3 is 1.27 bits per heavy atom. The van der Waals surface area contributed by atoms with Crippen molar-refractivity contribution in [3.8, 4) is 33.8 Å². The van der Waals surface area contributed by atoms with E-state index in [4.69, 9.17) is 27.9 Å². The lowest BCUT2D eigenvalue weighted by molar-refractivity contribution is -0.387. The molecule has 4 aromatic rings. The van der Waals surface area contributed by atoms with Crippen LogP contribution in [0.1, 0.15) is 11.1 Å². The molecule has 0 atom stereocenters. The normalized spacial score (nSPS) is 11.8. The molecule has 0 fully saturated rings. The molecule has 0 unspecified atom stereocenters. The fourth-order valence-electron chi connectivity index (χ4n) is 4.01. The van der Waals surface area contributed by atoms with E-state index in [1.807, 2.05) is 0 Å². The summed E-state index contributed by atoms with van der Waals surface area (Å²) in [4.78, 5) is 21.7. The van der Waals surface area contributed by atoms with E-state index in [-0.39, 0.29) is 11.1 Å². The molecule has 7 nitrogen and oxygen atoms in total. The Morgan fingerprint density at radius 2 is 0.951 bits per heavy atom. The molecule has 0 saturated heterocycles. The predicted molar refractivity (Wildman–Crippen MR) is 137 cm³/mol. The Labute approximate surface area is 235 Å². The standard InChI is InChI=1S/C26H12Cl2F6N2O5/c27-19-9-13(15-5-1-3-7-17(15)25(29,30)31)11-21(35(37)38)23(19)41-24-20(28)10-14(12-22(24)36(39)40)16-6-2-4-8-18(16)26(32,33)34/h1-12H. The molecule has 0 radical (unpaired) electrons. The van der Waals surface area contributed by atoms with E-state index in [1.54, 1.807) is 0 Å². The second-order valence-corrected chi connectivity index (χ2v) is 9.13. The van der Waals surface area contributed by atoms with Crippen LogP contribution in [0.5, 0.6) is 11.5 Å². The zero-order valence-corrected chi connectivity index (χ0v) is 21.4. The van der Waals surface area contributed by atoms with Gasteiger partial charge in [-0.3, -0.25) is 20.2 Å². The molecular formula is C26H12Cl2F6N2O5. The highest BCUT2D eigenvalue weighted by molar-refractivity contribution is 6.33. The first-order valence-electron chi connectivity index (χ1n) is 11.1. The van der Waals surface area contributed by atoms with Gasteiger partial charge in [0.2, 0.25) is 11.5 Å². The molecule has 15 heteroatoms. The second-order valence-electron chi connectivity index (χ2n) is 8.32. The van der Waals surface area contributed by atoms with Crippen LogP contribution in [0.2, 0.25) is 10.0 Å². The van der Waals surface area contributed by atoms with Crippen LogP contribution >= 0.6 is 23.2 Å². The maximum absolute atomic E-state index is 13.5. The number of ether oxygens (including phenoxy) is 1. The van der Waals surface area contributed by atoms with Gasteiger partial charge >= 0.3 is 23.7 Å². The van der Waals surface area contributed by atoms with Gasteiger partial charge in [-0.1, -0.05) is 59.6 Å². The zero-order chi connectivity index (χ0) is 30.3. The van der Waals surface area contributed by atoms with Gasteiger partial charge in [0.1, 0.15) is 0 Å². The molecule has 41 heavy (non-hydrogen) atoms. The molecule has 0 aliphatic heterocycles. The van der Waals surface area contributed by atoms with Gasteiger partial charge in [0.05, 0.1) is 31.0 Å². The Morgan fingerprint density at radius 1 is 0.610 bits per heavy atom. The largest absolute Gasteiger partial charge is 0.440 e. The van der Waals surface area contributed by atoms with E-state index in [1.165, 1.54) is 12.1 Å². The van der Waals surface area contributed by atoms with Gasteiger partial charge < -0.3 is 4.74 Å². The Balaban J connectivity index is 1.87. The molecule has 0 N–H and O–H groups in total. The Kier molecular flexibility index (Phi) is 7.87. The van der Waals surface area contributed by atoms with Crippen molar-refractivity contribution in [2.24, 2.45) is 0 Å².